The number of hydrogen-bond donors (Lipinski definition) is 4. The van der Waals surface area contributed by atoms with E-state index < -0.39 is 11.0 Å². The fourth-order valence-electron chi connectivity index (χ4n) is 1.55. The lowest BCUT2D eigenvalue weighted by Gasteiger charge is -2.14. The van der Waals surface area contributed by atoms with Crippen LogP contribution in [-0.2, 0) is 0 Å². The Hall–Kier alpha value is -2.00. The van der Waals surface area contributed by atoms with Gasteiger partial charge in [0.15, 0.2) is 0 Å². The van der Waals surface area contributed by atoms with E-state index in [0.29, 0.717) is 12.3 Å². The molecule has 106 valence electrons. The number of hydrazine groups is 1. The van der Waals surface area contributed by atoms with Gasteiger partial charge in [-0.25, -0.2) is 10.8 Å². The smallest absolute Gasteiger partial charge is 0.329 e. The molecule has 0 fully saturated rings. The third-order valence-electron chi connectivity index (χ3n) is 2.34. The summed E-state index contributed by atoms with van der Waals surface area (Å²) in [5.41, 5.74) is 1.94. The van der Waals surface area contributed by atoms with Gasteiger partial charge in [-0.3, -0.25) is 15.5 Å². The Morgan fingerprint density at radius 2 is 2.26 bits per heavy atom. The molecule has 0 saturated carbocycles. The van der Waals surface area contributed by atoms with Crippen molar-refractivity contribution >= 4 is 17.5 Å². The van der Waals surface area contributed by atoms with E-state index in [1.807, 2.05) is 13.8 Å². The van der Waals surface area contributed by atoms with Crippen LogP contribution in [0, 0.1) is 16.0 Å². The lowest BCUT2D eigenvalue weighted by atomic mass is 10.1. The SMILES string of the molecule is CC(C)CC(O)CNc1nc(NN)ncc1[N+](=O)[O-]. The number of anilines is 2. The molecule has 0 saturated heterocycles. The van der Waals surface area contributed by atoms with Gasteiger partial charge in [0.1, 0.15) is 6.20 Å². The van der Waals surface area contributed by atoms with Crippen LogP contribution in [0.2, 0.25) is 0 Å². The minimum atomic E-state index is -0.608. The van der Waals surface area contributed by atoms with Gasteiger partial charge in [-0.05, 0) is 12.3 Å². The standard InChI is InChI=1S/C10H18N6O3/c1-6(2)3-7(17)4-12-9-8(16(18)19)5-13-10(14-9)15-11/h5-7,17H,3-4,11H2,1-2H3,(H2,12,13,14,15). The highest BCUT2D eigenvalue weighted by Crippen LogP contribution is 2.21. The largest absolute Gasteiger partial charge is 0.391 e. The molecule has 0 radical (unpaired) electrons. The van der Waals surface area contributed by atoms with Crippen molar-refractivity contribution in [1.29, 1.82) is 0 Å². The molecule has 1 atom stereocenters. The van der Waals surface area contributed by atoms with Gasteiger partial charge in [0.2, 0.25) is 11.8 Å². The van der Waals surface area contributed by atoms with Gasteiger partial charge in [0, 0.05) is 6.54 Å². The summed E-state index contributed by atoms with van der Waals surface area (Å²) in [6.07, 6.45) is 1.04. The molecule has 0 amide bonds. The Balaban J connectivity index is 2.77. The number of nitrogen functional groups attached to an aromatic ring is 1. The Bertz CT molecular complexity index is 439. The maximum atomic E-state index is 10.8. The number of rotatable bonds is 7. The number of nitrogens with one attached hydrogen (secondary N) is 2. The summed E-state index contributed by atoms with van der Waals surface area (Å²) < 4.78 is 0. The molecule has 0 aliphatic carbocycles. The molecule has 5 N–H and O–H groups in total. The Morgan fingerprint density at radius 3 is 2.79 bits per heavy atom. The van der Waals surface area contributed by atoms with E-state index in [0.717, 1.165) is 6.20 Å². The van der Waals surface area contributed by atoms with Gasteiger partial charge in [0.05, 0.1) is 11.0 Å². The van der Waals surface area contributed by atoms with Gasteiger partial charge in [0.25, 0.3) is 0 Å². The first-order valence-corrected chi connectivity index (χ1v) is 5.84. The van der Waals surface area contributed by atoms with Crippen molar-refractivity contribution in [2.75, 3.05) is 17.3 Å². The van der Waals surface area contributed by atoms with E-state index in [2.05, 4.69) is 20.7 Å². The second-order valence-corrected chi connectivity index (χ2v) is 4.49. The molecule has 9 nitrogen and oxygen atoms in total. The molecule has 1 heterocycles. The molecule has 9 heteroatoms. The maximum Gasteiger partial charge on any atom is 0.329 e. The van der Waals surface area contributed by atoms with Crippen molar-refractivity contribution < 1.29 is 10.0 Å². The first kappa shape index (κ1) is 15.1. The Labute approximate surface area is 110 Å². The van der Waals surface area contributed by atoms with E-state index in [1.54, 1.807) is 0 Å². The van der Waals surface area contributed by atoms with Gasteiger partial charge in [-0.1, -0.05) is 13.8 Å². The lowest BCUT2D eigenvalue weighted by molar-refractivity contribution is -0.384. The van der Waals surface area contributed by atoms with Gasteiger partial charge >= 0.3 is 5.69 Å². The quantitative estimate of drug-likeness (QED) is 0.319. The number of aromatic nitrogens is 2. The van der Waals surface area contributed by atoms with Crippen LogP contribution >= 0.6 is 0 Å². The second-order valence-electron chi connectivity index (χ2n) is 4.49. The molecule has 1 aromatic rings. The number of aliphatic hydroxyl groups excluding tert-OH is 1. The second kappa shape index (κ2) is 6.81. The van der Waals surface area contributed by atoms with Crippen molar-refractivity contribution in [2.24, 2.45) is 11.8 Å². The highest BCUT2D eigenvalue weighted by molar-refractivity contribution is 5.56. The fourth-order valence-corrected chi connectivity index (χ4v) is 1.55. The van der Waals surface area contributed by atoms with E-state index in [-0.39, 0.29) is 24.0 Å². The molecular formula is C10H18N6O3. The predicted octanol–water partition coefficient (Wildman–Crippen LogP) is 0.489. The summed E-state index contributed by atoms with van der Waals surface area (Å²) in [5.74, 6) is 5.56. The van der Waals surface area contributed by atoms with Crippen LogP contribution in [0.1, 0.15) is 20.3 Å². The fraction of sp³-hybridized carbons (Fsp3) is 0.600. The topological polar surface area (TPSA) is 139 Å². The average molecular weight is 270 g/mol. The highest BCUT2D eigenvalue weighted by Gasteiger charge is 2.18. The third-order valence-corrected chi connectivity index (χ3v) is 2.34. The molecule has 0 aliphatic rings. The van der Waals surface area contributed by atoms with Crippen LogP contribution in [0.4, 0.5) is 17.5 Å². The number of nitrogens with zero attached hydrogens (tertiary/aromatic N) is 3. The van der Waals surface area contributed by atoms with Crippen molar-refractivity contribution in [3.8, 4) is 0 Å². The molecule has 1 unspecified atom stereocenters. The monoisotopic (exact) mass is 270 g/mol. The van der Waals surface area contributed by atoms with Crippen LogP contribution in [0.15, 0.2) is 6.20 Å². The van der Waals surface area contributed by atoms with E-state index >= 15 is 0 Å². The Morgan fingerprint density at radius 1 is 1.58 bits per heavy atom. The zero-order valence-corrected chi connectivity index (χ0v) is 10.8. The first-order valence-electron chi connectivity index (χ1n) is 5.84. The van der Waals surface area contributed by atoms with E-state index in [4.69, 9.17) is 5.84 Å². The summed E-state index contributed by atoms with van der Waals surface area (Å²) in [6, 6.07) is 0. The van der Waals surface area contributed by atoms with Crippen molar-refractivity contribution in [2.45, 2.75) is 26.4 Å². The molecule has 1 rings (SSSR count). The summed E-state index contributed by atoms with van der Waals surface area (Å²) in [4.78, 5) is 17.7. The van der Waals surface area contributed by atoms with Crippen molar-refractivity contribution in [3.63, 3.8) is 0 Å². The first-order chi connectivity index (χ1) is 8.93. The number of nitro groups is 1. The Kier molecular flexibility index (Phi) is 5.39. The summed E-state index contributed by atoms with van der Waals surface area (Å²) in [5, 5.41) is 23.3. The minimum Gasteiger partial charge on any atom is -0.391 e. The van der Waals surface area contributed by atoms with E-state index in [1.165, 1.54) is 0 Å². The van der Waals surface area contributed by atoms with Crippen LogP contribution < -0.4 is 16.6 Å². The van der Waals surface area contributed by atoms with Crippen molar-refractivity contribution in [1.82, 2.24) is 9.97 Å². The average Bonchev–Trinajstić information content (AvgIpc) is 2.34. The zero-order chi connectivity index (χ0) is 14.4. The summed E-state index contributed by atoms with van der Waals surface area (Å²) in [7, 11) is 0. The van der Waals surface area contributed by atoms with Crippen LogP contribution in [0.3, 0.4) is 0 Å². The van der Waals surface area contributed by atoms with Crippen molar-refractivity contribution in [3.05, 3.63) is 16.3 Å². The van der Waals surface area contributed by atoms with Gasteiger partial charge in [-0.15, -0.1) is 0 Å². The number of hydrogen-bond acceptors (Lipinski definition) is 8. The predicted molar refractivity (Wildman–Crippen MR) is 70.4 cm³/mol. The summed E-state index contributed by atoms with van der Waals surface area (Å²) in [6.45, 7) is 4.12. The zero-order valence-electron chi connectivity index (χ0n) is 10.8. The molecule has 19 heavy (non-hydrogen) atoms. The third kappa shape index (κ3) is 4.64. The normalized spacial score (nSPS) is 12.3. The molecular weight excluding hydrogens is 252 g/mol. The lowest BCUT2D eigenvalue weighted by Crippen LogP contribution is -2.22. The minimum absolute atomic E-state index is 0.0238. The van der Waals surface area contributed by atoms with Crippen LogP contribution in [0.25, 0.3) is 0 Å². The molecule has 0 bridgehead atoms. The maximum absolute atomic E-state index is 10.8. The van der Waals surface area contributed by atoms with Gasteiger partial charge < -0.3 is 10.4 Å². The van der Waals surface area contributed by atoms with Crippen LogP contribution in [-0.4, -0.2) is 32.6 Å². The molecule has 0 aliphatic heterocycles. The number of aliphatic hydroxyl groups is 1. The van der Waals surface area contributed by atoms with Gasteiger partial charge in [-0.2, -0.15) is 4.98 Å². The molecule has 1 aromatic heterocycles. The number of nitrogens with two attached hydrogens (primary N) is 1. The highest BCUT2D eigenvalue weighted by atomic mass is 16.6. The molecule has 0 aromatic carbocycles. The molecule has 0 spiro atoms. The van der Waals surface area contributed by atoms with Crippen LogP contribution in [0.5, 0.6) is 0 Å². The summed E-state index contributed by atoms with van der Waals surface area (Å²) >= 11 is 0. The van der Waals surface area contributed by atoms with E-state index in [9.17, 15) is 15.2 Å².